The molecule has 0 bridgehead atoms. The molecule has 68 valence electrons. The number of nitrogens with one attached hydrogen (secondary N) is 1. The maximum Gasteiger partial charge on any atom is 0.190 e. The van der Waals surface area contributed by atoms with E-state index in [2.05, 4.69) is 52.0 Å². The zero-order valence-electron chi connectivity index (χ0n) is 5.99. The molecule has 0 atom stereocenters. The number of nitrogens with zero attached hydrogens (tertiary/aromatic N) is 3. The largest absolute Gasteiger partial charge is 0.254 e. The number of aromatic nitrogens is 4. The van der Waals surface area contributed by atoms with E-state index in [9.17, 15) is 0 Å². The quantitative estimate of drug-likeness (QED) is 0.912. The number of rotatable bonds is 2. The van der Waals surface area contributed by atoms with E-state index in [4.69, 9.17) is 0 Å². The van der Waals surface area contributed by atoms with Crippen molar-refractivity contribution in [3.05, 3.63) is 14.7 Å². The average molecular weight is 342 g/mol. The molecule has 0 unspecified atom stereocenters. The molecule has 1 N–H and O–H groups in total. The standard InChI is InChI=1S/C5H2Br2N4S2/c6-2-3(7)12-5(10-2)13-4-8-1-9-11-4/h1H,(H,8,9,11). The molecule has 0 aliphatic rings. The van der Waals surface area contributed by atoms with Gasteiger partial charge in [0.05, 0.1) is 0 Å². The van der Waals surface area contributed by atoms with Crippen molar-refractivity contribution in [3.8, 4) is 0 Å². The first kappa shape index (κ1) is 9.63. The summed E-state index contributed by atoms with van der Waals surface area (Å²) in [6.07, 6.45) is 1.47. The van der Waals surface area contributed by atoms with Crippen LogP contribution in [-0.2, 0) is 0 Å². The van der Waals surface area contributed by atoms with Crippen LogP contribution in [0.2, 0.25) is 0 Å². The van der Waals surface area contributed by atoms with Crippen LogP contribution in [0.4, 0.5) is 0 Å². The minimum Gasteiger partial charge on any atom is -0.254 e. The predicted octanol–water partition coefficient (Wildman–Crippen LogP) is 2.94. The van der Waals surface area contributed by atoms with Crippen LogP contribution in [0.5, 0.6) is 0 Å². The monoisotopic (exact) mass is 340 g/mol. The molecule has 13 heavy (non-hydrogen) atoms. The van der Waals surface area contributed by atoms with Gasteiger partial charge in [-0.05, 0) is 43.6 Å². The molecule has 0 aliphatic carbocycles. The maximum atomic E-state index is 4.25. The number of hydrogen-bond acceptors (Lipinski definition) is 5. The second kappa shape index (κ2) is 4.07. The van der Waals surface area contributed by atoms with Crippen molar-refractivity contribution in [1.29, 1.82) is 0 Å². The molecule has 0 spiro atoms. The van der Waals surface area contributed by atoms with Gasteiger partial charge in [0.1, 0.15) is 14.7 Å². The van der Waals surface area contributed by atoms with Gasteiger partial charge in [-0.25, -0.2) is 9.97 Å². The molecule has 0 fully saturated rings. The number of aromatic amines is 1. The zero-order chi connectivity index (χ0) is 9.26. The van der Waals surface area contributed by atoms with Crippen LogP contribution in [0.15, 0.2) is 24.2 Å². The third-order valence-electron chi connectivity index (χ3n) is 1.11. The summed E-state index contributed by atoms with van der Waals surface area (Å²) in [5.74, 6) is 0. The molecule has 0 aliphatic heterocycles. The van der Waals surface area contributed by atoms with Gasteiger partial charge in [0.2, 0.25) is 0 Å². The van der Waals surface area contributed by atoms with Gasteiger partial charge in [-0.3, -0.25) is 5.10 Å². The molecule has 0 aromatic carbocycles. The lowest BCUT2D eigenvalue weighted by Gasteiger charge is -1.86. The first-order valence-electron chi connectivity index (χ1n) is 3.11. The van der Waals surface area contributed by atoms with E-state index in [1.54, 1.807) is 11.3 Å². The molecular weight excluding hydrogens is 340 g/mol. The van der Waals surface area contributed by atoms with E-state index in [1.165, 1.54) is 18.1 Å². The van der Waals surface area contributed by atoms with E-state index in [0.29, 0.717) is 0 Å². The van der Waals surface area contributed by atoms with Crippen LogP contribution >= 0.6 is 55.0 Å². The SMILES string of the molecule is Brc1nc(Sc2ncn[nH]2)sc1Br. The van der Waals surface area contributed by atoms with Crippen LogP contribution < -0.4 is 0 Å². The van der Waals surface area contributed by atoms with Crippen LogP contribution in [0.3, 0.4) is 0 Å². The van der Waals surface area contributed by atoms with Crippen molar-refractivity contribution in [2.24, 2.45) is 0 Å². The van der Waals surface area contributed by atoms with Crippen molar-refractivity contribution in [3.63, 3.8) is 0 Å². The minimum absolute atomic E-state index is 0.744. The fourth-order valence-electron chi connectivity index (χ4n) is 0.635. The predicted molar refractivity (Wildman–Crippen MR) is 58.0 cm³/mol. The van der Waals surface area contributed by atoms with Gasteiger partial charge in [-0.1, -0.05) is 11.3 Å². The molecule has 2 aromatic rings. The summed E-state index contributed by atoms with van der Waals surface area (Å²) in [6, 6.07) is 0. The van der Waals surface area contributed by atoms with E-state index >= 15 is 0 Å². The summed E-state index contributed by atoms with van der Waals surface area (Å²) in [4.78, 5) is 8.23. The van der Waals surface area contributed by atoms with Gasteiger partial charge in [-0.15, -0.1) is 0 Å². The van der Waals surface area contributed by atoms with Crippen LogP contribution in [-0.4, -0.2) is 20.2 Å². The number of thiazole rings is 1. The summed E-state index contributed by atoms with van der Waals surface area (Å²) in [7, 11) is 0. The van der Waals surface area contributed by atoms with Crippen molar-refractivity contribution in [2.45, 2.75) is 9.50 Å². The second-order valence-corrected chi connectivity index (χ2v) is 6.24. The number of H-pyrrole nitrogens is 1. The Labute approximate surface area is 98.8 Å². The third kappa shape index (κ3) is 2.30. The Morgan fingerprint density at radius 3 is 2.85 bits per heavy atom. The third-order valence-corrected chi connectivity index (χ3v) is 5.13. The summed E-state index contributed by atoms with van der Waals surface area (Å²) in [6.45, 7) is 0. The van der Waals surface area contributed by atoms with E-state index in [0.717, 1.165) is 17.9 Å². The second-order valence-electron chi connectivity index (χ2n) is 1.94. The molecule has 2 aromatic heterocycles. The highest BCUT2D eigenvalue weighted by molar-refractivity contribution is 9.13. The first-order valence-corrected chi connectivity index (χ1v) is 6.32. The first-order chi connectivity index (χ1) is 6.25. The zero-order valence-corrected chi connectivity index (χ0v) is 10.8. The fraction of sp³-hybridized carbons (Fsp3) is 0. The van der Waals surface area contributed by atoms with Crippen molar-refractivity contribution in [1.82, 2.24) is 20.2 Å². The summed E-state index contributed by atoms with van der Waals surface area (Å²) in [5, 5.41) is 7.24. The van der Waals surface area contributed by atoms with E-state index in [1.807, 2.05) is 0 Å². The average Bonchev–Trinajstić information content (AvgIpc) is 2.64. The Kier molecular flexibility index (Phi) is 3.02. The van der Waals surface area contributed by atoms with Crippen LogP contribution in [0.1, 0.15) is 0 Å². The Balaban J connectivity index is 2.19. The van der Waals surface area contributed by atoms with Gasteiger partial charge >= 0.3 is 0 Å². The van der Waals surface area contributed by atoms with Crippen molar-refractivity contribution < 1.29 is 0 Å². The molecule has 0 amide bonds. The Hall–Kier alpha value is 0.0800. The summed E-state index contributed by atoms with van der Waals surface area (Å²) < 4.78 is 2.71. The van der Waals surface area contributed by atoms with Gasteiger partial charge in [-0.2, -0.15) is 5.10 Å². The van der Waals surface area contributed by atoms with E-state index < -0.39 is 0 Å². The normalized spacial score (nSPS) is 10.6. The van der Waals surface area contributed by atoms with Gasteiger partial charge in [0.15, 0.2) is 9.50 Å². The highest BCUT2D eigenvalue weighted by atomic mass is 79.9. The fourth-order valence-corrected chi connectivity index (χ4v) is 3.73. The lowest BCUT2D eigenvalue weighted by Crippen LogP contribution is -1.74. The smallest absolute Gasteiger partial charge is 0.190 e. The lowest BCUT2D eigenvalue weighted by molar-refractivity contribution is 0.971. The number of hydrogen-bond donors (Lipinski definition) is 1. The molecule has 4 nitrogen and oxygen atoms in total. The molecule has 0 saturated carbocycles. The van der Waals surface area contributed by atoms with Gasteiger partial charge in [0, 0.05) is 0 Å². The van der Waals surface area contributed by atoms with Crippen LogP contribution in [0.25, 0.3) is 0 Å². The number of halogens is 2. The molecule has 0 saturated heterocycles. The Morgan fingerprint density at radius 2 is 2.31 bits per heavy atom. The summed E-state index contributed by atoms with van der Waals surface area (Å²) >= 11 is 9.68. The summed E-state index contributed by atoms with van der Waals surface area (Å²) in [5.41, 5.74) is 0. The highest BCUT2D eigenvalue weighted by Crippen LogP contribution is 2.36. The molecular formula is C5H2Br2N4S2. The molecule has 2 rings (SSSR count). The van der Waals surface area contributed by atoms with Gasteiger partial charge in [0.25, 0.3) is 0 Å². The van der Waals surface area contributed by atoms with E-state index in [-0.39, 0.29) is 0 Å². The molecule has 2 heterocycles. The molecule has 0 radical (unpaired) electrons. The van der Waals surface area contributed by atoms with Crippen LogP contribution in [0, 0.1) is 0 Å². The van der Waals surface area contributed by atoms with Crippen molar-refractivity contribution >= 4 is 55.0 Å². The highest BCUT2D eigenvalue weighted by Gasteiger charge is 2.08. The van der Waals surface area contributed by atoms with Crippen molar-refractivity contribution in [2.75, 3.05) is 0 Å². The van der Waals surface area contributed by atoms with Gasteiger partial charge < -0.3 is 0 Å². The Morgan fingerprint density at radius 1 is 1.46 bits per heavy atom. The maximum absolute atomic E-state index is 4.25. The lowest BCUT2D eigenvalue weighted by atomic mass is 11.0. The Bertz CT molecular complexity index is 379. The minimum atomic E-state index is 0.744. The molecule has 8 heteroatoms. The topological polar surface area (TPSA) is 54.5 Å².